The number of rotatable bonds is 11. The van der Waals surface area contributed by atoms with Gasteiger partial charge in [-0.15, -0.1) is 0 Å². The van der Waals surface area contributed by atoms with Gasteiger partial charge in [-0.05, 0) is 96.3 Å². The number of cyclic esters (lactones) is 1. The molecular formula is C27H38O4. The van der Waals surface area contributed by atoms with Crippen LogP contribution in [0, 0.1) is 5.92 Å². The highest BCUT2D eigenvalue weighted by atomic mass is 16.6. The molecule has 4 nitrogen and oxygen atoms in total. The molecule has 0 fully saturated rings. The maximum Gasteiger partial charge on any atom is 0.343 e. The predicted molar refractivity (Wildman–Crippen MR) is 126 cm³/mol. The average molecular weight is 427 g/mol. The number of aliphatic hydroxyl groups excluding tert-OH is 1. The summed E-state index contributed by atoms with van der Waals surface area (Å²) < 4.78 is 10.7. The lowest BCUT2D eigenvalue weighted by molar-refractivity contribution is -0.133. The Bertz CT molecular complexity index is 835. The molecule has 0 aromatic carbocycles. The second kappa shape index (κ2) is 11.8. The fraction of sp³-hybridized carbons (Fsp3) is 0.519. The summed E-state index contributed by atoms with van der Waals surface area (Å²) in [4.78, 5) is 11.5. The summed E-state index contributed by atoms with van der Waals surface area (Å²) in [7, 11) is 0. The summed E-state index contributed by atoms with van der Waals surface area (Å²) >= 11 is 0. The van der Waals surface area contributed by atoms with Crippen LogP contribution in [-0.4, -0.2) is 17.2 Å². The molecule has 1 N–H and O–H groups in total. The van der Waals surface area contributed by atoms with E-state index in [-0.39, 0.29) is 23.4 Å². The van der Waals surface area contributed by atoms with E-state index >= 15 is 0 Å². The van der Waals surface area contributed by atoms with Gasteiger partial charge in [-0.2, -0.15) is 0 Å². The number of allylic oxidation sites excluding steroid dienone is 6. The van der Waals surface area contributed by atoms with Gasteiger partial charge in [0.25, 0.3) is 0 Å². The Kier molecular flexibility index (Phi) is 9.42. The zero-order valence-electron chi connectivity index (χ0n) is 19.8. The first-order chi connectivity index (χ1) is 14.7. The number of hydrogen-bond donors (Lipinski definition) is 1. The first kappa shape index (κ1) is 24.8. The van der Waals surface area contributed by atoms with Gasteiger partial charge < -0.3 is 14.6 Å². The van der Waals surface area contributed by atoms with Crippen LogP contribution in [0.15, 0.2) is 70.5 Å². The van der Waals surface area contributed by atoms with Crippen LogP contribution in [0.3, 0.4) is 0 Å². The molecule has 2 aliphatic rings. The summed E-state index contributed by atoms with van der Waals surface area (Å²) in [6.45, 7) is 14.1. The topological polar surface area (TPSA) is 55.8 Å². The van der Waals surface area contributed by atoms with Crippen LogP contribution in [0.1, 0.15) is 79.6 Å². The molecule has 2 atom stereocenters. The SMILES string of the molecule is C=C1OC(C)C=C1CC/C=C(\C)CC/C=C(\C)CCC[C@@H](C)/C=C1\OC(=O)C(C)=C1O. The van der Waals surface area contributed by atoms with Crippen molar-refractivity contribution < 1.29 is 19.4 Å². The standard InChI is InChI=1S/C27H38O4/c1-18(12-8-14-20(3)16-25-26(28)22(5)27(29)31-25)10-7-11-19(2)13-9-15-24-17-21(4)30-23(24)6/h10,13,16-17,20-21,28H,6-9,11-12,14-15H2,1-5H3/b18-10+,19-13+,25-16-/t20-,21?/m1/s1. The van der Waals surface area contributed by atoms with Gasteiger partial charge in [-0.3, -0.25) is 0 Å². The van der Waals surface area contributed by atoms with E-state index in [4.69, 9.17) is 9.47 Å². The molecule has 1 unspecified atom stereocenters. The molecule has 31 heavy (non-hydrogen) atoms. The average Bonchev–Trinajstić information content (AvgIpc) is 3.14. The smallest absolute Gasteiger partial charge is 0.343 e. The number of carbonyl (C=O) groups is 1. The van der Waals surface area contributed by atoms with E-state index < -0.39 is 5.97 Å². The van der Waals surface area contributed by atoms with Crippen molar-refractivity contribution >= 4 is 5.97 Å². The van der Waals surface area contributed by atoms with Crippen LogP contribution in [0.4, 0.5) is 0 Å². The molecule has 2 heterocycles. The van der Waals surface area contributed by atoms with Gasteiger partial charge in [0.2, 0.25) is 0 Å². The molecule has 0 aromatic heterocycles. The normalized spacial score (nSPS) is 22.2. The second-order valence-corrected chi connectivity index (χ2v) is 8.88. The van der Waals surface area contributed by atoms with E-state index in [2.05, 4.69) is 45.6 Å². The summed E-state index contributed by atoms with van der Waals surface area (Å²) in [5.41, 5.74) is 4.37. The fourth-order valence-electron chi connectivity index (χ4n) is 3.82. The third-order valence-corrected chi connectivity index (χ3v) is 5.82. The molecule has 0 saturated carbocycles. The van der Waals surface area contributed by atoms with Gasteiger partial charge in [0.05, 0.1) is 5.57 Å². The van der Waals surface area contributed by atoms with Gasteiger partial charge >= 0.3 is 5.97 Å². The molecule has 0 bridgehead atoms. The minimum Gasteiger partial charge on any atom is -0.504 e. The Morgan fingerprint density at radius 2 is 1.90 bits per heavy atom. The third-order valence-electron chi connectivity index (χ3n) is 5.82. The molecule has 0 saturated heterocycles. The van der Waals surface area contributed by atoms with E-state index in [9.17, 15) is 9.90 Å². The number of aliphatic hydroxyl groups is 1. The lowest BCUT2D eigenvalue weighted by Crippen LogP contribution is -1.97. The van der Waals surface area contributed by atoms with Crippen LogP contribution >= 0.6 is 0 Å². The molecule has 0 aromatic rings. The minimum atomic E-state index is -0.455. The molecular weight excluding hydrogens is 388 g/mol. The van der Waals surface area contributed by atoms with Crippen LogP contribution < -0.4 is 0 Å². The van der Waals surface area contributed by atoms with E-state index in [1.54, 1.807) is 6.92 Å². The Morgan fingerprint density at radius 3 is 2.52 bits per heavy atom. The van der Waals surface area contributed by atoms with E-state index in [1.165, 1.54) is 16.7 Å². The van der Waals surface area contributed by atoms with Crippen LogP contribution in [-0.2, 0) is 14.3 Å². The first-order valence-electron chi connectivity index (χ1n) is 11.4. The maximum atomic E-state index is 11.5. The molecule has 0 aliphatic carbocycles. The zero-order valence-corrected chi connectivity index (χ0v) is 19.8. The van der Waals surface area contributed by atoms with Gasteiger partial charge in [0.1, 0.15) is 11.9 Å². The second-order valence-electron chi connectivity index (χ2n) is 8.88. The molecule has 0 spiro atoms. The van der Waals surface area contributed by atoms with Crippen molar-refractivity contribution in [3.05, 3.63) is 70.5 Å². The van der Waals surface area contributed by atoms with Gasteiger partial charge in [0, 0.05) is 0 Å². The Balaban J connectivity index is 1.64. The Hall–Kier alpha value is -2.49. The lowest BCUT2D eigenvalue weighted by Gasteiger charge is -2.08. The van der Waals surface area contributed by atoms with Gasteiger partial charge in [-0.1, -0.05) is 36.8 Å². The third kappa shape index (κ3) is 7.93. The van der Waals surface area contributed by atoms with Crippen LogP contribution in [0.2, 0.25) is 0 Å². The quantitative estimate of drug-likeness (QED) is 0.277. The predicted octanol–water partition coefficient (Wildman–Crippen LogP) is 7.38. The molecule has 0 radical (unpaired) electrons. The number of ether oxygens (including phenoxy) is 2. The van der Waals surface area contributed by atoms with Crippen molar-refractivity contribution in [2.45, 2.75) is 85.7 Å². The van der Waals surface area contributed by atoms with E-state index in [1.807, 2.05) is 13.0 Å². The Morgan fingerprint density at radius 1 is 1.23 bits per heavy atom. The highest BCUT2D eigenvalue weighted by Crippen LogP contribution is 2.27. The van der Waals surface area contributed by atoms with Gasteiger partial charge in [-0.25, -0.2) is 4.79 Å². The minimum absolute atomic E-state index is 0.0239. The maximum absolute atomic E-state index is 11.5. The fourth-order valence-corrected chi connectivity index (χ4v) is 3.82. The van der Waals surface area contributed by atoms with Crippen molar-refractivity contribution in [1.29, 1.82) is 0 Å². The van der Waals surface area contributed by atoms with Crippen molar-refractivity contribution in [2.75, 3.05) is 0 Å². The van der Waals surface area contributed by atoms with Crippen molar-refractivity contribution in [3.8, 4) is 0 Å². The molecule has 0 amide bonds. The largest absolute Gasteiger partial charge is 0.504 e. The van der Waals surface area contributed by atoms with Crippen molar-refractivity contribution in [1.82, 2.24) is 0 Å². The van der Waals surface area contributed by atoms with Crippen LogP contribution in [0.5, 0.6) is 0 Å². The number of hydrogen-bond acceptors (Lipinski definition) is 4. The van der Waals surface area contributed by atoms with Crippen molar-refractivity contribution in [3.63, 3.8) is 0 Å². The summed E-state index contributed by atoms with van der Waals surface area (Å²) in [6, 6.07) is 0. The monoisotopic (exact) mass is 426 g/mol. The number of esters is 1. The van der Waals surface area contributed by atoms with Crippen LogP contribution in [0.25, 0.3) is 0 Å². The van der Waals surface area contributed by atoms with Gasteiger partial charge in [0.15, 0.2) is 11.5 Å². The molecule has 4 heteroatoms. The molecule has 2 rings (SSSR count). The molecule has 170 valence electrons. The van der Waals surface area contributed by atoms with E-state index in [0.29, 0.717) is 5.76 Å². The van der Waals surface area contributed by atoms with Crippen molar-refractivity contribution in [2.24, 2.45) is 5.92 Å². The number of carbonyl (C=O) groups excluding carboxylic acids is 1. The molecule has 2 aliphatic heterocycles. The zero-order chi connectivity index (χ0) is 23.0. The highest BCUT2D eigenvalue weighted by Gasteiger charge is 2.26. The Labute approximate surface area is 187 Å². The summed E-state index contributed by atoms with van der Waals surface area (Å²) in [6.07, 6.45) is 16.1. The lowest BCUT2D eigenvalue weighted by atomic mass is 9.99. The summed E-state index contributed by atoms with van der Waals surface area (Å²) in [5.74, 6) is 0.900. The van der Waals surface area contributed by atoms with E-state index in [0.717, 1.165) is 50.7 Å². The summed E-state index contributed by atoms with van der Waals surface area (Å²) in [5, 5.41) is 9.90. The first-order valence-corrected chi connectivity index (χ1v) is 11.4. The highest BCUT2D eigenvalue weighted by molar-refractivity contribution is 5.93.